The van der Waals surface area contributed by atoms with Gasteiger partial charge >= 0.3 is 6.18 Å². The Labute approximate surface area is 228 Å². The molecule has 3 aromatic carbocycles. The number of hydrazone groups is 1. The summed E-state index contributed by atoms with van der Waals surface area (Å²) in [5.41, 5.74) is 3.78. The van der Waals surface area contributed by atoms with E-state index in [2.05, 4.69) is 10.5 Å². The number of nitrogens with zero attached hydrogens (tertiary/aromatic N) is 3. The molecule has 0 unspecified atom stereocenters. The van der Waals surface area contributed by atoms with Crippen molar-refractivity contribution in [1.29, 1.82) is 0 Å². The van der Waals surface area contributed by atoms with Crippen LogP contribution in [0, 0.1) is 19.7 Å². The third-order valence-corrected chi connectivity index (χ3v) is 7.82. The molecular weight excluding hydrogens is 548 g/mol. The number of aryl methyl sites for hydroxylation is 1. The molecule has 0 saturated heterocycles. The lowest BCUT2D eigenvalue weighted by molar-refractivity contribution is -0.137. The zero-order chi connectivity index (χ0) is 29.1. The van der Waals surface area contributed by atoms with E-state index in [1.165, 1.54) is 48.7 Å². The fourth-order valence-electron chi connectivity index (χ4n) is 4.12. The van der Waals surface area contributed by atoms with Gasteiger partial charge in [-0.15, -0.1) is 0 Å². The van der Waals surface area contributed by atoms with E-state index in [0.29, 0.717) is 15.9 Å². The van der Waals surface area contributed by atoms with Crippen LogP contribution in [0.3, 0.4) is 0 Å². The summed E-state index contributed by atoms with van der Waals surface area (Å²) < 4.78 is 82.6. The molecule has 7 nitrogen and oxygen atoms in total. The molecule has 0 saturated carbocycles. The van der Waals surface area contributed by atoms with Gasteiger partial charge in [-0.05, 0) is 74.5 Å². The van der Waals surface area contributed by atoms with Crippen LogP contribution in [0.1, 0.15) is 22.5 Å². The lowest BCUT2D eigenvalue weighted by Gasteiger charge is -2.24. The van der Waals surface area contributed by atoms with Gasteiger partial charge in [-0.25, -0.2) is 18.2 Å². The molecule has 0 fully saturated rings. The van der Waals surface area contributed by atoms with Crippen LogP contribution in [0.25, 0.3) is 5.69 Å². The predicted molar refractivity (Wildman–Crippen MR) is 143 cm³/mol. The molecule has 1 aromatic heterocycles. The first-order chi connectivity index (χ1) is 18.9. The van der Waals surface area contributed by atoms with Gasteiger partial charge in [0.05, 0.1) is 22.4 Å². The minimum absolute atomic E-state index is 0.197. The topological polar surface area (TPSA) is 83.8 Å². The zero-order valence-corrected chi connectivity index (χ0v) is 22.2. The average molecular weight is 573 g/mol. The number of alkyl halides is 3. The van der Waals surface area contributed by atoms with E-state index >= 15 is 0 Å². The summed E-state index contributed by atoms with van der Waals surface area (Å²) in [6.45, 7) is 2.82. The van der Waals surface area contributed by atoms with Crippen LogP contribution in [0.4, 0.5) is 23.2 Å². The van der Waals surface area contributed by atoms with Crippen molar-refractivity contribution in [2.75, 3.05) is 10.8 Å². The second-order valence-electron chi connectivity index (χ2n) is 8.80. The molecule has 1 amide bonds. The standard InChI is InChI=1S/C28H24F4N4O3S/c1-19-15-21(20(2)36(19)24-13-11-23(29)12-14-24)17-33-34-27(37)18-35(40(38,39)26-9-4-3-5-10-26)25-8-6-7-22(16-25)28(30,31)32/h3-17H,18H2,1-2H3,(H,34,37)/b33-17+. The van der Waals surface area contributed by atoms with Gasteiger partial charge in [0.1, 0.15) is 12.4 Å². The quantitative estimate of drug-likeness (QED) is 0.170. The van der Waals surface area contributed by atoms with Crippen molar-refractivity contribution in [3.63, 3.8) is 0 Å². The number of carbonyl (C=O) groups is 1. The first-order valence-electron chi connectivity index (χ1n) is 11.9. The number of carbonyl (C=O) groups excluding carboxylic acids is 1. The van der Waals surface area contributed by atoms with E-state index in [1.54, 1.807) is 31.2 Å². The van der Waals surface area contributed by atoms with Crippen molar-refractivity contribution >= 4 is 27.8 Å². The maximum atomic E-state index is 13.4. The summed E-state index contributed by atoms with van der Waals surface area (Å²) in [4.78, 5) is 12.6. The second-order valence-corrected chi connectivity index (χ2v) is 10.7. The maximum absolute atomic E-state index is 13.4. The highest BCUT2D eigenvalue weighted by atomic mass is 32.2. The van der Waals surface area contributed by atoms with Crippen LogP contribution in [-0.4, -0.2) is 31.7 Å². The van der Waals surface area contributed by atoms with Gasteiger partial charge in [0.15, 0.2) is 0 Å². The van der Waals surface area contributed by atoms with E-state index in [0.717, 1.165) is 29.2 Å². The van der Waals surface area contributed by atoms with Gasteiger partial charge in [0, 0.05) is 22.6 Å². The number of aromatic nitrogens is 1. The fourth-order valence-corrected chi connectivity index (χ4v) is 5.55. The van der Waals surface area contributed by atoms with E-state index in [1.807, 2.05) is 11.5 Å². The van der Waals surface area contributed by atoms with Gasteiger partial charge in [0.2, 0.25) is 0 Å². The number of hydrogen-bond acceptors (Lipinski definition) is 4. The van der Waals surface area contributed by atoms with Crippen molar-refractivity contribution < 1.29 is 30.8 Å². The Kier molecular flexibility index (Phi) is 8.10. The predicted octanol–water partition coefficient (Wildman–Crippen LogP) is 5.60. The number of halogens is 4. The van der Waals surface area contributed by atoms with E-state index in [-0.39, 0.29) is 16.4 Å². The molecule has 40 heavy (non-hydrogen) atoms. The summed E-state index contributed by atoms with van der Waals surface area (Å²) in [5.74, 6) is -1.25. The van der Waals surface area contributed by atoms with Crippen molar-refractivity contribution in [3.05, 3.63) is 113 Å². The SMILES string of the molecule is Cc1cc(/C=N/NC(=O)CN(c2cccc(C(F)(F)F)c2)S(=O)(=O)c2ccccc2)c(C)n1-c1ccc(F)cc1. The minimum atomic E-state index is -4.72. The van der Waals surface area contributed by atoms with Crippen molar-refractivity contribution in [3.8, 4) is 5.69 Å². The third-order valence-electron chi connectivity index (χ3n) is 6.03. The third kappa shape index (κ3) is 6.23. The molecule has 0 spiro atoms. The highest BCUT2D eigenvalue weighted by Crippen LogP contribution is 2.33. The molecule has 0 aliphatic rings. The monoisotopic (exact) mass is 572 g/mol. The number of hydrogen-bond donors (Lipinski definition) is 1. The van der Waals surface area contributed by atoms with Crippen LogP contribution in [0.2, 0.25) is 0 Å². The molecular formula is C28H24F4N4O3S. The van der Waals surface area contributed by atoms with Crippen LogP contribution in [0.5, 0.6) is 0 Å². The van der Waals surface area contributed by atoms with Gasteiger partial charge in [0.25, 0.3) is 15.9 Å². The average Bonchev–Trinajstić information content (AvgIpc) is 3.20. The summed E-state index contributed by atoms with van der Waals surface area (Å²) >= 11 is 0. The van der Waals surface area contributed by atoms with Crippen molar-refractivity contribution in [1.82, 2.24) is 9.99 Å². The highest BCUT2D eigenvalue weighted by molar-refractivity contribution is 7.92. The fraction of sp³-hybridized carbons (Fsp3) is 0.143. The smallest absolute Gasteiger partial charge is 0.318 e. The van der Waals surface area contributed by atoms with Gasteiger partial charge < -0.3 is 4.57 Å². The summed E-state index contributed by atoms with van der Waals surface area (Å²) in [5, 5.41) is 3.92. The molecule has 0 bridgehead atoms. The van der Waals surface area contributed by atoms with Gasteiger partial charge in [-0.3, -0.25) is 9.10 Å². The zero-order valence-electron chi connectivity index (χ0n) is 21.4. The Hall–Kier alpha value is -4.45. The van der Waals surface area contributed by atoms with Crippen LogP contribution < -0.4 is 9.73 Å². The molecule has 0 atom stereocenters. The Balaban J connectivity index is 1.58. The summed E-state index contributed by atoms with van der Waals surface area (Å²) in [7, 11) is -4.41. The highest BCUT2D eigenvalue weighted by Gasteiger charge is 2.33. The molecule has 208 valence electrons. The molecule has 0 radical (unpaired) electrons. The number of anilines is 1. The first kappa shape index (κ1) is 28.6. The maximum Gasteiger partial charge on any atom is 0.416 e. The van der Waals surface area contributed by atoms with Crippen LogP contribution in [-0.2, 0) is 21.0 Å². The van der Waals surface area contributed by atoms with Gasteiger partial charge in [-0.2, -0.15) is 18.3 Å². The Morgan fingerprint density at radius 3 is 2.30 bits per heavy atom. The summed E-state index contributed by atoms with van der Waals surface area (Å²) in [6, 6.07) is 18.5. The summed E-state index contributed by atoms with van der Waals surface area (Å²) in [6.07, 6.45) is -3.36. The van der Waals surface area contributed by atoms with Crippen molar-refractivity contribution in [2.45, 2.75) is 24.9 Å². The Morgan fingerprint density at radius 2 is 1.65 bits per heavy atom. The lowest BCUT2D eigenvalue weighted by atomic mass is 10.2. The minimum Gasteiger partial charge on any atom is -0.318 e. The van der Waals surface area contributed by atoms with E-state index in [9.17, 15) is 30.8 Å². The molecule has 4 rings (SSSR count). The largest absolute Gasteiger partial charge is 0.416 e. The number of amides is 1. The number of benzene rings is 3. The second kappa shape index (κ2) is 11.3. The van der Waals surface area contributed by atoms with Gasteiger partial charge in [-0.1, -0.05) is 24.3 Å². The Morgan fingerprint density at radius 1 is 0.975 bits per heavy atom. The number of nitrogens with one attached hydrogen (secondary N) is 1. The van der Waals surface area contributed by atoms with Crippen LogP contribution in [0.15, 0.2) is 94.9 Å². The number of sulfonamides is 1. The van der Waals surface area contributed by atoms with E-state index in [4.69, 9.17) is 0 Å². The molecule has 12 heteroatoms. The lowest BCUT2D eigenvalue weighted by Crippen LogP contribution is -2.39. The normalized spacial score (nSPS) is 12.1. The first-order valence-corrected chi connectivity index (χ1v) is 13.3. The van der Waals surface area contributed by atoms with Crippen LogP contribution >= 0.6 is 0 Å². The molecule has 1 heterocycles. The number of rotatable bonds is 8. The molecule has 0 aliphatic heterocycles. The molecule has 1 N–H and O–H groups in total. The van der Waals surface area contributed by atoms with E-state index < -0.39 is 34.2 Å². The Bertz CT molecular complexity index is 1650. The molecule has 4 aromatic rings. The molecule has 0 aliphatic carbocycles. The van der Waals surface area contributed by atoms with Crippen molar-refractivity contribution in [2.24, 2.45) is 5.10 Å².